The zero-order valence-corrected chi connectivity index (χ0v) is 16.6. The van der Waals surface area contributed by atoms with Crippen molar-refractivity contribution in [2.45, 2.75) is 43.1 Å². The number of nitrogens with one attached hydrogen (secondary N) is 1. The van der Waals surface area contributed by atoms with Crippen LogP contribution in [-0.2, 0) is 24.3 Å². The second kappa shape index (κ2) is 8.30. The van der Waals surface area contributed by atoms with Gasteiger partial charge < -0.3 is 0 Å². The third-order valence-electron chi connectivity index (χ3n) is 3.77. The van der Waals surface area contributed by atoms with Crippen LogP contribution in [0.5, 0.6) is 0 Å². The summed E-state index contributed by atoms with van der Waals surface area (Å²) in [6, 6.07) is 12.8. The van der Waals surface area contributed by atoms with Crippen LogP contribution in [-0.4, -0.2) is 29.5 Å². The van der Waals surface area contributed by atoms with Crippen molar-refractivity contribution in [2.24, 2.45) is 0 Å². The van der Waals surface area contributed by atoms with Gasteiger partial charge in [0.2, 0.25) is 10.0 Å². The van der Waals surface area contributed by atoms with E-state index >= 15 is 0 Å². The minimum atomic E-state index is -3.88. The molecule has 0 heterocycles. The van der Waals surface area contributed by atoms with Crippen molar-refractivity contribution < 1.29 is 21.0 Å². The van der Waals surface area contributed by atoms with Crippen molar-refractivity contribution in [3.8, 4) is 0 Å². The van der Waals surface area contributed by atoms with E-state index in [1.54, 1.807) is 31.2 Å². The highest BCUT2D eigenvalue weighted by atomic mass is 32.2. The summed E-state index contributed by atoms with van der Waals surface area (Å²) in [5.41, 5.74) is 1.91. The first-order valence-electron chi connectivity index (χ1n) is 8.16. The third-order valence-corrected chi connectivity index (χ3v) is 6.68. The lowest BCUT2D eigenvalue weighted by Crippen LogP contribution is -2.28. The summed E-state index contributed by atoms with van der Waals surface area (Å²) in [5.74, 6) is 0. The zero-order valence-electron chi connectivity index (χ0n) is 15.0. The van der Waals surface area contributed by atoms with Crippen LogP contribution >= 0.6 is 0 Å². The van der Waals surface area contributed by atoms with Crippen molar-refractivity contribution in [3.05, 3.63) is 59.7 Å². The van der Waals surface area contributed by atoms with Gasteiger partial charge in [0.05, 0.1) is 15.9 Å². The number of hydrogen-bond donors (Lipinski definition) is 1. The van der Waals surface area contributed by atoms with Crippen LogP contribution in [0.1, 0.15) is 24.5 Å². The Labute approximate surface area is 155 Å². The molecule has 8 heteroatoms. The average Bonchev–Trinajstić information content (AvgIpc) is 2.55. The lowest BCUT2D eigenvalue weighted by Gasteiger charge is -2.14. The molecule has 1 atom stereocenters. The second-order valence-corrected chi connectivity index (χ2v) is 9.51. The Morgan fingerprint density at radius 3 is 1.81 bits per heavy atom. The number of rotatable bonds is 8. The highest BCUT2D eigenvalue weighted by Crippen LogP contribution is 2.16. The number of sulfonamides is 1. The summed E-state index contributed by atoms with van der Waals surface area (Å²) in [5, 5.41) is 0. The van der Waals surface area contributed by atoms with E-state index in [2.05, 4.69) is 4.72 Å². The van der Waals surface area contributed by atoms with Crippen molar-refractivity contribution >= 4 is 20.1 Å². The first-order valence-corrected chi connectivity index (χ1v) is 11.1. The smallest absolute Gasteiger partial charge is 0.263 e. The second-order valence-electron chi connectivity index (χ2n) is 6.17. The molecule has 0 saturated carbocycles. The molecular weight excluding hydrogens is 374 g/mol. The summed E-state index contributed by atoms with van der Waals surface area (Å²) >= 11 is 0. The van der Waals surface area contributed by atoms with Crippen LogP contribution in [0.4, 0.5) is 0 Å². The molecule has 0 radical (unpaired) electrons. The van der Waals surface area contributed by atoms with E-state index in [0.717, 1.165) is 11.1 Å². The highest BCUT2D eigenvalue weighted by Gasteiger charge is 2.20. The van der Waals surface area contributed by atoms with E-state index in [1.807, 2.05) is 13.8 Å². The van der Waals surface area contributed by atoms with Crippen LogP contribution in [0.3, 0.4) is 0 Å². The predicted octanol–water partition coefficient (Wildman–Crippen LogP) is 2.77. The molecular formula is C18H23NO5S2. The van der Waals surface area contributed by atoms with Gasteiger partial charge in [-0.3, -0.25) is 4.18 Å². The molecule has 0 fully saturated rings. The summed E-state index contributed by atoms with van der Waals surface area (Å²) in [6.45, 7) is 5.39. The van der Waals surface area contributed by atoms with Crippen molar-refractivity contribution in [1.82, 2.24) is 4.72 Å². The lowest BCUT2D eigenvalue weighted by atomic mass is 10.2. The largest absolute Gasteiger partial charge is 0.297 e. The van der Waals surface area contributed by atoms with Gasteiger partial charge in [0, 0.05) is 6.54 Å². The Morgan fingerprint density at radius 1 is 0.846 bits per heavy atom. The molecule has 2 aromatic carbocycles. The third kappa shape index (κ3) is 5.63. The first-order chi connectivity index (χ1) is 12.1. The molecule has 142 valence electrons. The zero-order chi connectivity index (χ0) is 19.4. The molecule has 26 heavy (non-hydrogen) atoms. The molecule has 0 unspecified atom stereocenters. The topological polar surface area (TPSA) is 89.5 Å². The molecule has 1 N–H and O–H groups in total. The van der Waals surface area contributed by atoms with Crippen LogP contribution in [0, 0.1) is 13.8 Å². The predicted molar refractivity (Wildman–Crippen MR) is 99.9 cm³/mol. The van der Waals surface area contributed by atoms with Gasteiger partial charge in [-0.05, 0) is 51.5 Å². The number of benzene rings is 2. The van der Waals surface area contributed by atoms with Crippen molar-refractivity contribution in [3.63, 3.8) is 0 Å². The van der Waals surface area contributed by atoms with E-state index in [4.69, 9.17) is 4.18 Å². The Balaban J connectivity index is 1.91. The summed E-state index contributed by atoms with van der Waals surface area (Å²) < 4.78 is 56.4. The van der Waals surface area contributed by atoms with Gasteiger partial charge in [-0.2, -0.15) is 8.42 Å². The minimum Gasteiger partial charge on any atom is -0.263 e. The molecule has 0 aromatic heterocycles. The molecule has 0 aliphatic carbocycles. The van der Waals surface area contributed by atoms with Crippen LogP contribution in [0.2, 0.25) is 0 Å². The molecule has 0 aliphatic heterocycles. The maximum Gasteiger partial charge on any atom is 0.297 e. The lowest BCUT2D eigenvalue weighted by molar-refractivity contribution is 0.219. The van der Waals surface area contributed by atoms with Crippen LogP contribution in [0.15, 0.2) is 58.3 Å². The monoisotopic (exact) mass is 397 g/mol. The van der Waals surface area contributed by atoms with E-state index in [-0.39, 0.29) is 22.8 Å². The van der Waals surface area contributed by atoms with Gasteiger partial charge in [0.25, 0.3) is 10.1 Å². The fourth-order valence-electron chi connectivity index (χ4n) is 2.22. The van der Waals surface area contributed by atoms with E-state index in [9.17, 15) is 16.8 Å². The quantitative estimate of drug-likeness (QED) is 0.692. The van der Waals surface area contributed by atoms with E-state index in [0.29, 0.717) is 0 Å². The average molecular weight is 398 g/mol. The summed E-state index contributed by atoms with van der Waals surface area (Å²) in [6.07, 6.45) is -0.446. The number of aryl methyl sites for hydroxylation is 2. The van der Waals surface area contributed by atoms with Crippen molar-refractivity contribution in [2.75, 3.05) is 6.54 Å². The Morgan fingerprint density at radius 2 is 1.31 bits per heavy atom. The molecule has 0 aliphatic rings. The Hall–Kier alpha value is -1.74. The normalized spacial score (nSPS) is 13.5. The molecule has 2 rings (SSSR count). The van der Waals surface area contributed by atoms with Gasteiger partial charge in [-0.25, -0.2) is 13.1 Å². The molecule has 0 saturated heterocycles. The molecule has 0 bridgehead atoms. The molecule has 6 nitrogen and oxygen atoms in total. The van der Waals surface area contributed by atoms with Gasteiger partial charge in [-0.15, -0.1) is 0 Å². The van der Waals surface area contributed by atoms with Gasteiger partial charge in [0.1, 0.15) is 0 Å². The maximum absolute atomic E-state index is 12.2. The molecule has 2 aromatic rings. The van der Waals surface area contributed by atoms with E-state index in [1.165, 1.54) is 24.3 Å². The first kappa shape index (κ1) is 20.6. The fourth-order valence-corrected chi connectivity index (χ4v) is 4.38. The SMILES string of the molecule is Cc1ccc(S(=O)(=O)NCC[C@H](C)OS(=O)(=O)c2ccc(C)cc2)cc1. The maximum atomic E-state index is 12.2. The van der Waals surface area contributed by atoms with Crippen LogP contribution < -0.4 is 4.72 Å². The minimum absolute atomic E-state index is 0.0702. The van der Waals surface area contributed by atoms with Crippen LogP contribution in [0.25, 0.3) is 0 Å². The van der Waals surface area contributed by atoms with Crippen molar-refractivity contribution in [1.29, 1.82) is 0 Å². The van der Waals surface area contributed by atoms with Gasteiger partial charge in [-0.1, -0.05) is 35.4 Å². The fraction of sp³-hybridized carbons (Fsp3) is 0.333. The molecule has 0 amide bonds. The highest BCUT2D eigenvalue weighted by molar-refractivity contribution is 7.89. The Bertz CT molecular complexity index is 934. The van der Waals surface area contributed by atoms with E-state index < -0.39 is 26.2 Å². The summed E-state index contributed by atoms with van der Waals surface area (Å²) in [7, 11) is -7.50. The number of hydrogen-bond acceptors (Lipinski definition) is 5. The summed E-state index contributed by atoms with van der Waals surface area (Å²) in [4.78, 5) is 0.249. The standard InChI is InChI=1S/C18H23NO5S2/c1-14-4-8-17(9-5-14)25(20,21)19-13-12-16(3)24-26(22,23)18-10-6-15(2)7-11-18/h4-11,16,19H,12-13H2,1-3H3/t16-/m0/s1. The Kier molecular flexibility index (Phi) is 6.57. The molecule has 0 spiro atoms. The van der Waals surface area contributed by atoms with Gasteiger partial charge >= 0.3 is 0 Å². The van der Waals surface area contributed by atoms with Gasteiger partial charge in [0.15, 0.2) is 0 Å².